The number of hydrogen-bond donors (Lipinski definition) is 1. The van der Waals surface area contributed by atoms with Gasteiger partial charge >= 0.3 is 0 Å². The molecule has 0 aromatic heterocycles. The molecule has 0 heterocycles. The molecule has 0 bridgehead atoms. The van der Waals surface area contributed by atoms with Gasteiger partial charge in [0.05, 0.1) is 30.5 Å². The predicted molar refractivity (Wildman–Crippen MR) is 142 cm³/mol. The number of amides is 1. The molecule has 3 rings (SSSR count). The lowest BCUT2D eigenvalue weighted by Crippen LogP contribution is -2.39. The third-order valence-corrected chi connectivity index (χ3v) is 7.40. The molecule has 8 nitrogen and oxygen atoms in total. The van der Waals surface area contributed by atoms with Crippen LogP contribution in [0.25, 0.3) is 0 Å². The number of hydrazone groups is 1. The van der Waals surface area contributed by atoms with Crippen molar-refractivity contribution in [3.8, 4) is 11.5 Å². The third kappa shape index (κ3) is 6.56. The lowest BCUT2D eigenvalue weighted by molar-refractivity contribution is -0.119. The van der Waals surface area contributed by atoms with Crippen LogP contribution in [0.5, 0.6) is 11.5 Å². The van der Waals surface area contributed by atoms with Crippen molar-refractivity contribution in [3.63, 3.8) is 0 Å². The molecule has 0 aliphatic rings. The van der Waals surface area contributed by atoms with Gasteiger partial charge in [-0.15, -0.1) is 0 Å². The number of nitrogens with zero attached hydrogens (tertiary/aromatic N) is 2. The van der Waals surface area contributed by atoms with E-state index in [1.165, 1.54) is 37.6 Å². The molecule has 0 fully saturated rings. The van der Waals surface area contributed by atoms with E-state index in [9.17, 15) is 13.2 Å². The number of nitrogens with one attached hydrogen (secondary N) is 1. The van der Waals surface area contributed by atoms with E-state index in [4.69, 9.17) is 21.1 Å². The summed E-state index contributed by atoms with van der Waals surface area (Å²) in [4.78, 5) is 12.8. The average Bonchev–Trinajstić information content (AvgIpc) is 2.85. The summed E-state index contributed by atoms with van der Waals surface area (Å²) in [6.07, 6.45) is 1.43. The molecule has 0 unspecified atom stereocenters. The van der Waals surface area contributed by atoms with E-state index >= 15 is 0 Å². The first-order valence-electron chi connectivity index (χ1n) is 11.1. The van der Waals surface area contributed by atoms with Crippen LogP contribution in [0.4, 0.5) is 5.69 Å². The van der Waals surface area contributed by atoms with Crippen LogP contribution in [0, 0.1) is 13.8 Å². The van der Waals surface area contributed by atoms with E-state index < -0.39 is 22.5 Å². The Morgan fingerprint density at radius 1 is 1.03 bits per heavy atom. The molecular weight excluding hydrogens is 502 g/mol. The van der Waals surface area contributed by atoms with Crippen LogP contribution in [0.2, 0.25) is 5.02 Å². The molecule has 3 aromatic carbocycles. The van der Waals surface area contributed by atoms with Gasteiger partial charge in [-0.2, -0.15) is 5.10 Å². The first-order valence-corrected chi connectivity index (χ1v) is 13.0. The van der Waals surface area contributed by atoms with Crippen LogP contribution in [-0.4, -0.2) is 40.8 Å². The highest BCUT2D eigenvalue weighted by Gasteiger charge is 2.27. The van der Waals surface area contributed by atoms with E-state index in [0.29, 0.717) is 34.4 Å². The summed E-state index contributed by atoms with van der Waals surface area (Å²) in [6.45, 7) is 5.70. The Kier molecular flexibility index (Phi) is 8.95. The molecule has 0 spiro atoms. The molecule has 0 aliphatic heterocycles. The fourth-order valence-electron chi connectivity index (χ4n) is 3.31. The molecular formula is C26H28ClN3O5S. The number of ether oxygens (including phenoxy) is 2. The van der Waals surface area contributed by atoms with Gasteiger partial charge in [0.15, 0.2) is 11.5 Å². The molecule has 0 saturated heterocycles. The summed E-state index contributed by atoms with van der Waals surface area (Å²) in [6, 6.07) is 16.2. The largest absolute Gasteiger partial charge is 0.493 e. The number of halogens is 1. The lowest BCUT2D eigenvalue weighted by atomic mass is 10.1. The highest BCUT2D eigenvalue weighted by molar-refractivity contribution is 7.92. The van der Waals surface area contributed by atoms with Gasteiger partial charge in [-0.05, 0) is 92.1 Å². The van der Waals surface area contributed by atoms with Gasteiger partial charge in [-0.3, -0.25) is 9.10 Å². The minimum atomic E-state index is -4.06. The molecule has 10 heteroatoms. The van der Waals surface area contributed by atoms with Crippen molar-refractivity contribution < 1.29 is 22.7 Å². The Balaban J connectivity index is 1.83. The Hall–Kier alpha value is -3.56. The van der Waals surface area contributed by atoms with Gasteiger partial charge in [0.25, 0.3) is 15.9 Å². The molecule has 0 atom stereocenters. The van der Waals surface area contributed by atoms with Crippen molar-refractivity contribution in [1.82, 2.24) is 5.43 Å². The maximum Gasteiger partial charge on any atom is 0.264 e. The first kappa shape index (κ1) is 27.0. The van der Waals surface area contributed by atoms with Gasteiger partial charge in [-0.1, -0.05) is 17.7 Å². The predicted octanol–water partition coefficient (Wildman–Crippen LogP) is 4.71. The number of benzene rings is 3. The minimum absolute atomic E-state index is 0.0166. The number of aryl methyl sites for hydroxylation is 2. The fraction of sp³-hybridized carbons (Fsp3) is 0.231. The second-order valence-electron chi connectivity index (χ2n) is 7.87. The Morgan fingerprint density at radius 3 is 2.39 bits per heavy atom. The summed E-state index contributed by atoms with van der Waals surface area (Å²) in [5, 5.41) is 4.38. The van der Waals surface area contributed by atoms with Crippen LogP contribution in [0.1, 0.15) is 23.6 Å². The zero-order valence-electron chi connectivity index (χ0n) is 20.5. The number of hydrogen-bond acceptors (Lipinski definition) is 6. The average molecular weight is 530 g/mol. The van der Waals surface area contributed by atoms with Crippen molar-refractivity contribution in [2.45, 2.75) is 25.7 Å². The monoisotopic (exact) mass is 529 g/mol. The Bertz CT molecular complexity index is 1360. The molecule has 3 aromatic rings. The maximum atomic E-state index is 13.5. The summed E-state index contributed by atoms with van der Waals surface area (Å²) < 4.78 is 38.8. The molecule has 0 radical (unpaired) electrons. The normalized spacial score (nSPS) is 11.4. The van der Waals surface area contributed by atoms with Crippen molar-refractivity contribution in [3.05, 3.63) is 82.4 Å². The van der Waals surface area contributed by atoms with Crippen molar-refractivity contribution in [2.75, 3.05) is 24.6 Å². The smallest absolute Gasteiger partial charge is 0.264 e. The molecule has 1 amide bonds. The molecule has 36 heavy (non-hydrogen) atoms. The van der Waals surface area contributed by atoms with Gasteiger partial charge in [0.1, 0.15) is 6.54 Å². The van der Waals surface area contributed by atoms with Crippen LogP contribution in [0.15, 0.2) is 70.7 Å². The standard InChI is InChI=1S/C26H28ClN3O5S/c1-5-35-24-13-7-20(15-25(24)34-4)16-28-29-26(31)17-30(22-10-6-18(2)19(3)14-22)36(32,33)23-11-8-21(27)9-12-23/h6-16H,5,17H2,1-4H3,(H,29,31)/b28-16-. The van der Waals surface area contributed by atoms with Gasteiger partial charge in [-0.25, -0.2) is 13.8 Å². The van der Waals surface area contributed by atoms with Gasteiger partial charge < -0.3 is 9.47 Å². The van der Waals surface area contributed by atoms with Crippen molar-refractivity contribution in [2.24, 2.45) is 5.10 Å². The lowest BCUT2D eigenvalue weighted by Gasteiger charge is -2.24. The number of sulfonamides is 1. The maximum absolute atomic E-state index is 13.5. The first-order chi connectivity index (χ1) is 17.1. The van der Waals surface area contributed by atoms with Crippen molar-refractivity contribution >= 4 is 39.4 Å². The van der Waals surface area contributed by atoms with Crippen molar-refractivity contribution in [1.29, 1.82) is 0 Å². The zero-order chi connectivity index (χ0) is 26.3. The van der Waals surface area contributed by atoms with Crippen LogP contribution in [0.3, 0.4) is 0 Å². The topological polar surface area (TPSA) is 97.3 Å². The van der Waals surface area contributed by atoms with Gasteiger partial charge in [0.2, 0.25) is 0 Å². The SMILES string of the molecule is CCOc1ccc(/C=N\NC(=O)CN(c2ccc(C)c(C)c2)S(=O)(=O)c2ccc(Cl)cc2)cc1OC. The molecule has 0 saturated carbocycles. The summed E-state index contributed by atoms with van der Waals surface area (Å²) in [7, 11) is -2.53. The van der Waals surface area contributed by atoms with E-state index in [0.717, 1.165) is 15.4 Å². The van der Waals surface area contributed by atoms with E-state index in [-0.39, 0.29) is 4.90 Å². The number of anilines is 1. The van der Waals surface area contributed by atoms with Crippen LogP contribution >= 0.6 is 11.6 Å². The molecule has 190 valence electrons. The summed E-state index contributed by atoms with van der Waals surface area (Å²) >= 11 is 5.93. The van der Waals surface area contributed by atoms with Gasteiger partial charge in [0, 0.05) is 5.02 Å². The van der Waals surface area contributed by atoms with E-state index in [1.54, 1.807) is 30.3 Å². The summed E-state index contributed by atoms with van der Waals surface area (Å²) in [5.41, 5.74) is 5.32. The Labute approximate surface area is 216 Å². The zero-order valence-corrected chi connectivity index (χ0v) is 22.1. The summed E-state index contributed by atoms with van der Waals surface area (Å²) in [5.74, 6) is 0.514. The minimum Gasteiger partial charge on any atom is -0.493 e. The van der Waals surface area contributed by atoms with E-state index in [1.807, 2.05) is 26.8 Å². The molecule has 0 aliphatic carbocycles. The highest BCUT2D eigenvalue weighted by atomic mass is 35.5. The second-order valence-corrected chi connectivity index (χ2v) is 10.2. The quantitative estimate of drug-likeness (QED) is 0.303. The van der Waals surface area contributed by atoms with Crippen LogP contribution in [-0.2, 0) is 14.8 Å². The Morgan fingerprint density at radius 2 is 1.75 bits per heavy atom. The number of rotatable bonds is 10. The van der Waals surface area contributed by atoms with E-state index in [2.05, 4.69) is 10.5 Å². The molecule has 1 N–H and O–H groups in total. The number of carbonyl (C=O) groups excluding carboxylic acids is 1. The second kappa shape index (κ2) is 11.9. The number of carbonyl (C=O) groups is 1. The number of methoxy groups -OCH3 is 1. The highest BCUT2D eigenvalue weighted by Crippen LogP contribution is 2.28. The van der Waals surface area contributed by atoms with Crippen LogP contribution < -0.4 is 19.2 Å². The fourth-order valence-corrected chi connectivity index (χ4v) is 4.85. The third-order valence-electron chi connectivity index (χ3n) is 5.36.